The lowest BCUT2D eigenvalue weighted by atomic mass is 10.1. The Kier molecular flexibility index (Phi) is 4.17. The van der Waals surface area contributed by atoms with Gasteiger partial charge >= 0.3 is 0 Å². The van der Waals surface area contributed by atoms with Crippen LogP contribution in [0.15, 0.2) is 42.5 Å². The third kappa shape index (κ3) is 3.24. The molecular formula is C14H14FN3O2. The lowest BCUT2D eigenvalue weighted by Crippen LogP contribution is -2.30. The Labute approximate surface area is 115 Å². The van der Waals surface area contributed by atoms with E-state index in [9.17, 15) is 9.18 Å². The number of hydrazine groups is 1. The first-order valence-electron chi connectivity index (χ1n) is 5.88. The number of halogens is 1. The average Bonchev–Trinajstić information content (AvgIpc) is 2.46. The van der Waals surface area contributed by atoms with Gasteiger partial charge in [-0.3, -0.25) is 10.2 Å². The van der Waals surface area contributed by atoms with Crippen molar-refractivity contribution in [2.24, 2.45) is 5.84 Å². The molecule has 0 aliphatic heterocycles. The van der Waals surface area contributed by atoms with Crippen molar-refractivity contribution < 1.29 is 13.9 Å². The number of nitrogens with one attached hydrogen (secondary N) is 1. The molecule has 0 heterocycles. The van der Waals surface area contributed by atoms with Crippen molar-refractivity contribution in [1.29, 1.82) is 0 Å². The zero-order valence-corrected chi connectivity index (χ0v) is 10.6. The predicted octanol–water partition coefficient (Wildman–Crippen LogP) is 1.59. The van der Waals surface area contributed by atoms with Crippen LogP contribution in [0, 0.1) is 5.82 Å². The first kappa shape index (κ1) is 13.8. The second-order valence-corrected chi connectivity index (χ2v) is 4.14. The minimum absolute atomic E-state index is 0.203. The summed E-state index contributed by atoms with van der Waals surface area (Å²) in [6.45, 7) is 0.203. The SMILES string of the molecule is NNC(=O)c1cc(N)ccc1OCc1ccc(F)cc1. The summed E-state index contributed by atoms with van der Waals surface area (Å²) in [4.78, 5) is 11.6. The van der Waals surface area contributed by atoms with Gasteiger partial charge in [-0.05, 0) is 35.9 Å². The molecule has 0 unspecified atom stereocenters. The number of carbonyl (C=O) groups is 1. The van der Waals surface area contributed by atoms with E-state index < -0.39 is 5.91 Å². The van der Waals surface area contributed by atoms with Crippen molar-refractivity contribution >= 4 is 11.6 Å². The van der Waals surface area contributed by atoms with Gasteiger partial charge in [0, 0.05) is 5.69 Å². The standard InChI is InChI=1S/C14H14FN3O2/c15-10-3-1-9(2-4-10)8-20-13-6-5-11(16)7-12(13)14(19)18-17/h1-7H,8,16-17H2,(H,18,19). The van der Waals surface area contributed by atoms with Crippen LogP contribution < -0.4 is 21.7 Å². The number of hydrogen-bond acceptors (Lipinski definition) is 4. The molecule has 0 saturated heterocycles. The van der Waals surface area contributed by atoms with Gasteiger partial charge < -0.3 is 10.5 Å². The second-order valence-electron chi connectivity index (χ2n) is 4.14. The molecule has 5 N–H and O–H groups in total. The normalized spacial score (nSPS) is 10.1. The van der Waals surface area contributed by atoms with Gasteiger partial charge in [-0.15, -0.1) is 0 Å². The van der Waals surface area contributed by atoms with Crippen molar-refractivity contribution in [2.75, 3.05) is 5.73 Å². The van der Waals surface area contributed by atoms with Gasteiger partial charge in [0.05, 0.1) is 5.56 Å². The number of carbonyl (C=O) groups excluding carboxylic acids is 1. The third-order valence-corrected chi connectivity index (χ3v) is 2.69. The Morgan fingerprint density at radius 3 is 2.55 bits per heavy atom. The molecule has 0 aliphatic rings. The monoisotopic (exact) mass is 275 g/mol. The highest BCUT2D eigenvalue weighted by atomic mass is 19.1. The summed E-state index contributed by atoms with van der Waals surface area (Å²) >= 11 is 0. The number of nitrogen functional groups attached to an aromatic ring is 2. The summed E-state index contributed by atoms with van der Waals surface area (Å²) < 4.78 is 18.3. The van der Waals surface area contributed by atoms with Crippen LogP contribution in [0.5, 0.6) is 5.75 Å². The molecule has 6 heteroatoms. The van der Waals surface area contributed by atoms with Crippen LogP contribution in [0.1, 0.15) is 15.9 Å². The van der Waals surface area contributed by atoms with Gasteiger partial charge in [-0.1, -0.05) is 12.1 Å². The summed E-state index contributed by atoms with van der Waals surface area (Å²) in [5, 5.41) is 0. The molecule has 0 radical (unpaired) electrons. The minimum atomic E-state index is -0.494. The van der Waals surface area contributed by atoms with Crippen LogP contribution in [0.4, 0.5) is 10.1 Å². The molecule has 104 valence electrons. The number of nitrogens with two attached hydrogens (primary N) is 2. The zero-order valence-electron chi connectivity index (χ0n) is 10.6. The van der Waals surface area contributed by atoms with E-state index in [1.807, 2.05) is 5.43 Å². The van der Waals surface area contributed by atoms with Gasteiger partial charge in [0.1, 0.15) is 18.2 Å². The molecule has 0 fully saturated rings. The van der Waals surface area contributed by atoms with Crippen molar-refractivity contribution in [2.45, 2.75) is 6.61 Å². The lowest BCUT2D eigenvalue weighted by molar-refractivity contribution is 0.0949. The number of hydrogen-bond donors (Lipinski definition) is 3. The molecular weight excluding hydrogens is 261 g/mol. The number of rotatable bonds is 4. The highest BCUT2D eigenvalue weighted by Gasteiger charge is 2.12. The molecule has 1 amide bonds. The molecule has 0 aliphatic carbocycles. The maximum atomic E-state index is 12.8. The van der Waals surface area contributed by atoms with Crippen LogP contribution in [0.25, 0.3) is 0 Å². The second kappa shape index (κ2) is 6.03. The van der Waals surface area contributed by atoms with E-state index in [1.165, 1.54) is 18.2 Å². The number of amides is 1. The van der Waals surface area contributed by atoms with Gasteiger partial charge in [-0.2, -0.15) is 0 Å². The van der Waals surface area contributed by atoms with Crippen molar-refractivity contribution in [3.05, 3.63) is 59.4 Å². The van der Waals surface area contributed by atoms with Crippen molar-refractivity contribution in [3.8, 4) is 5.75 Å². The molecule has 0 atom stereocenters. The van der Waals surface area contributed by atoms with E-state index in [0.717, 1.165) is 5.56 Å². The van der Waals surface area contributed by atoms with Crippen LogP contribution in [0.2, 0.25) is 0 Å². The van der Waals surface area contributed by atoms with E-state index >= 15 is 0 Å². The highest BCUT2D eigenvalue weighted by molar-refractivity contribution is 5.97. The first-order chi connectivity index (χ1) is 9.60. The third-order valence-electron chi connectivity index (χ3n) is 2.69. The molecule has 5 nitrogen and oxygen atoms in total. The lowest BCUT2D eigenvalue weighted by Gasteiger charge is -2.11. The molecule has 2 aromatic rings. The summed E-state index contributed by atoms with van der Waals surface area (Å²) in [6.07, 6.45) is 0. The van der Waals surface area contributed by atoms with Crippen LogP contribution in [-0.4, -0.2) is 5.91 Å². The molecule has 20 heavy (non-hydrogen) atoms. The van der Waals surface area contributed by atoms with E-state index in [2.05, 4.69) is 0 Å². The molecule has 2 aromatic carbocycles. The van der Waals surface area contributed by atoms with Crippen molar-refractivity contribution in [1.82, 2.24) is 5.43 Å². The Bertz CT molecular complexity index is 614. The fraction of sp³-hybridized carbons (Fsp3) is 0.0714. The average molecular weight is 275 g/mol. The molecule has 2 rings (SSSR count). The zero-order chi connectivity index (χ0) is 14.5. The van der Waals surface area contributed by atoms with Crippen molar-refractivity contribution in [3.63, 3.8) is 0 Å². The van der Waals surface area contributed by atoms with E-state index in [0.29, 0.717) is 11.4 Å². The summed E-state index contributed by atoms with van der Waals surface area (Å²) in [5.41, 5.74) is 9.11. The first-order valence-corrected chi connectivity index (χ1v) is 5.88. The smallest absolute Gasteiger partial charge is 0.269 e. The van der Waals surface area contributed by atoms with E-state index in [4.69, 9.17) is 16.3 Å². The minimum Gasteiger partial charge on any atom is -0.488 e. The predicted molar refractivity (Wildman–Crippen MR) is 73.2 cm³/mol. The summed E-state index contributed by atoms with van der Waals surface area (Å²) in [6, 6.07) is 10.6. The Balaban J connectivity index is 2.16. The molecule has 0 bridgehead atoms. The molecule has 0 saturated carbocycles. The van der Waals surface area contributed by atoms with Crippen LogP contribution >= 0.6 is 0 Å². The fourth-order valence-corrected chi connectivity index (χ4v) is 1.67. The van der Waals surface area contributed by atoms with E-state index in [-0.39, 0.29) is 18.0 Å². The largest absolute Gasteiger partial charge is 0.488 e. The fourth-order valence-electron chi connectivity index (χ4n) is 1.67. The topological polar surface area (TPSA) is 90.4 Å². The maximum absolute atomic E-state index is 12.8. The van der Waals surface area contributed by atoms with Gasteiger partial charge in [0.25, 0.3) is 5.91 Å². The molecule has 0 spiro atoms. The number of anilines is 1. The Hall–Kier alpha value is -2.60. The number of benzene rings is 2. The van der Waals surface area contributed by atoms with Crippen LogP contribution in [0.3, 0.4) is 0 Å². The Morgan fingerprint density at radius 1 is 1.20 bits per heavy atom. The van der Waals surface area contributed by atoms with Gasteiger partial charge in [-0.25, -0.2) is 10.2 Å². The Morgan fingerprint density at radius 2 is 1.90 bits per heavy atom. The van der Waals surface area contributed by atoms with Crippen LogP contribution in [-0.2, 0) is 6.61 Å². The van der Waals surface area contributed by atoms with Gasteiger partial charge in [0.2, 0.25) is 0 Å². The highest BCUT2D eigenvalue weighted by Crippen LogP contribution is 2.22. The maximum Gasteiger partial charge on any atom is 0.269 e. The summed E-state index contributed by atoms with van der Waals surface area (Å²) in [5.74, 6) is 4.65. The van der Waals surface area contributed by atoms with Gasteiger partial charge in [0.15, 0.2) is 0 Å². The quantitative estimate of drug-likeness (QED) is 0.342. The summed E-state index contributed by atoms with van der Waals surface area (Å²) in [7, 11) is 0. The van der Waals surface area contributed by atoms with E-state index in [1.54, 1.807) is 24.3 Å². The number of ether oxygens (including phenoxy) is 1. The molecule has 0 aromatic heterocycles.